The van der Waals surface area contributed by atoms with Crippen molar-refractivity contribution in [3.8, 4) is 6.07 Å². The molecule has 4 unspecified atom stereocenters. The van der Waals surface area contributed by atoms with Gasteiger partial charge in [0.1, 0.15) is 5.92 Å². The second kappa shape index (κ2) is 5.13. The number of carbonyl (C=O) groups is 1. The van der Waals surface area contributed by atoms with Crippen molar-refractivity contribution >= 4 is 5.78 Å². The third-order valence-corrected chi connectivity index (χ3v) is 4.82. The second-order valence-electron chi connectivity index (χ2n) is 5.95. The summed E-state index contributed by atoms with van der Waals surface area (Å²) in [5.41, 5.74) is 0.734. The van der Waals surface area contributed by atoms with Crippen LogP contribution in [0.15, 0.2) is 24.5 Å². The lowest BCUT2D eigenvalue weighted by molar-refractivity contribution is -0.120. The molecule has 0 radical (unpaired) electrons. The van der Waals surface area contributed by atoms with E-state index in [1.807, 2.05) is 6.07 Å². The molecule has 0 saturated heterocycles. The zero-order chi connectivity index (χ0) is 13.2. The van der Waals surface area contributed by atoms with E-state index in [0.717, 1.165) is 17.4 Å². The van der Waals surface area contributed by atoms with Crippen molar-refractivity contribution in [3.05, 3.63) is 30.1 Å². The summed E-state index contributed by atoms with van der Waals surface area (Å²) in [6, 6.07) is 5.75. The van der Waals surface area contributed by atoms with E-state index >= 15 is 0 Å². The number of nitrogens with zero attached hydrogens (tertiary/aromatic N) is 2. The molecule has 2 aliphatic rings. The molecule has 3 rings (SSSR count). The molecule has 2 bridgehead atoms. The molecule has 2 aliphatic carbocycles. The van der Waals surface area contributed by atoms with Crippen LogP contribution in [0.2, 0.25) is 0 Å². The fourth-order valence-electron chi connectivity index (χ4n) is 3.88. The maximum atomic E-state index is 12.4. The lowest BCUT2D eigenvalue weighted by Crippen LogP contribution is -2.19. The van der Waals surface area contributed by atoms with Crippen LogP contribution in [0.25, 0.3) is 0 Å². The largest absolute Gasteiger partial charge is 0.298 e. The van der Waals surface area contributed by atoms with E-state index in [0.29, 0.717) is 12.3 Å². The third-order valence-electron chi connectivity index (χ3n) is 4.82. The summed E-state index contributed by atoms with van der Waals surface area (Å²) in [5, 5.41) is 9.26. The molecular weight excluding hydrogens is 236 g/mol. The van der Waals surface area contributed by atoms with E-state index in [1.54, 1.807) is 18.5 Å². The van der Waals surface area contributed by atoms with Crippen LogP contribution in [0, 0.1) is 29.1 Å². The van der Waals surface area contributed by atoms with Crippen molar-refractivity contribution in [1.82, 2.24) is 4.98 Å². The number of Topliss-reactive ketones (excluding diaryl/α,β-unsaturated/α-hetero) is 1. The van der Waals surface area contributed by atoms with Gasteiger partial charge in [0.2, 0.25) is 0 Å². The van der Waals surface area contributed by atoms with E-state index in [2.05, 4.69) is 11.1 Å². The summed E-state index contributed by atoms with van der Waals surface area (Å²) in [7, 11) is 0. The quantitative estimate of drug-likeness (QED) is 0.829. The van der Waals surface area contributed by atoms with Crippen molar-refractivity contribution in [2.75, 3.05) is 0 Å². The van der Waals surface area contributed by atoms with Crippen molar-refractivity contribution in [2.24, 2.45) is 17.8 Å². The predicted octanol–water partition coefficient (Wildman–Crippen LogP) is 3.08. The monoisotopic (exact) mass is 254 g/mol. The second-order valence-corrected chi connectivity index (χ2v) is 5.95. The minimum atomic E-state index is -0.632. The molecule has 1 heterocycles. The standard InChI is InChI=1S/C16H18N2O/c17-9-15(13-2-1-5-18-10-13)16(19)8-14-7-11-3-4-12(14)6-11/h1-2,5,10-12,14-15H,3-4,6-8H2. The SMILES string of the molecule is N#CC(C(=O)CC1CC2CCC1C2)c1cccnc1. The smallest absolute Gasteiger partial charge is 0.154 e. The highest BCUT2D eigenvalue weighted by Crippen LogP contribution is 2.49. The molecule has 0 spiro atoms. The Hall–Kier alpha value is -1.69. The fraction of sp³-hybridized carbons (Fsp3) is 0.562. The average molecular weight is 254 g/mol. The Morgan fingerprint density at radius 1 is 1.47 bits per heavy atom. The predicted molar refractivity (Wildman–Crippen MR) is 71.2 cm³/mol. The molecule has 2 fully saturated rings. The van der Waals surface area contributed by atoms with Gasteiger partial charge in [-0.3, -0.25) is 9.78 Å². The minimum Gasteiger partial charge on any atom is -0.298 e. The number of ketones is 1. The van der Waals surface area contributed by atoms with Crippen LogP contribution in [-0.4, -0.2) is 10.8 Å². The average Bonchev–Trinajstić information content (AvgIpc) is 3.03. The van der Waals surface area contributed by atoms with Crippen LogP contribution in [0.5, 0.6) is 0 Å². The van der Waals surface area contributed by atoms with Gasteiger partial charge in [-0.1, -0.05) is 12.5 Å². The van der Waals surface area contributed by atoms with E-state index in [1.165, 1.54) is 25.7 Å². The zero-order valence-corrected chi connectivity index (χ0v) is 11.0. The van der Waals surface area contributed by atoms with Gasteiger partial charge in [0.25, 0.3) is 0 Å². The molecule has 2 saturated carbocycles. The highest BCUT2D eigenvalue weighted by atomic mass is 16.1. The topological polar surface area (TPSA) is 53.8 Å². The number of nitriles is 1. The number of hydrogen-bond donors (Lipinski definition) is 0. The van der Waals surface area contributed by atoms with Crippen molar-refractivity contribution in [2.45, 2.75) is 38.0 Å². The van der Waals surface area contributed by atoms with Crippen molar-refractivity contribution in [1.29, 1.82) is 5.26 Å². The van der Waals surface area contributed by atoms with Gasteiger partial charge in [0.15, 0.2) is 5.78 Å². The lowest BCUT2D eigenvalue weighted by atomic mass is 9.82. The van der Waals surface area contributed by atoms with Crippen LogP contribution in [0.3, 0.4) is 0 Å². The fourth-order valence-corrected chi connectivity index (χ4v) is 3.88. The van der Waals surface area contributed by atoms with Gasteiger partial charge in [0.05, 0.1) is 6.07 Å². The molecule has 19 heavy (non-hydrogen) atoms. The highest BCUT2D eigenvalue weighted by molar-refractivity contribution is 5.88. The van der Waals surface area contributed by atoms with Gasteiger partial charge in [-0.2, -0.15) is 5.26 Å². The normalized spacial score (nSPS) is 29.9. The van der Waals surface area contributed by atoms with Gasteiger partial charge in [0, 0.05) is 18.8 Å². The number of fused-ring (bicyclic) bond motifs is 2. The number of rotatable bonds is 4. The Bertz CT molecular complexity index is 505. The Labute approximate surface area is 113 Å². The minimum absolute atomic E-state index is 0.0769. The Morgan fingerprint density at radius 3 is 2.95 bits per heavy atom. The first-order valence-corrected chi connectivity index (χ1v) is 7.10. The molecular formula is C16H18N2O. The molecule has 0 aromatic carbocycles. The van der Waals surface area contributed by atoms with Crippen LogP contribution in [-0.2, 0) is 4.79 Å². The number of pyridine rings is 1. The summed E-state index contributed by atoms with van der Waals surface area (Å²) in [4.78, 5) is 16.4. The molecule has 98 valence electrons. The summed E-state index contributed by atoms with van der Waals surface area (Å²) in [6.07, 6.45) is 9.01. The summed E-state index contributed by atoms with van der Waals surface area (Å²) >= 11 is 0. The Kier molecular flexibility index (Phi) is 3.33. The van der Waals surface area contributed by atoms with Gasteiger partial charge in [-0.15, -0.1) is 0 Å². The molecule has 0 aliphatic heterocycles. The molecule has 1 aromatic heterocycles. The van der Waals surface area contributed by atoms with E-state index in [4.69, 9.17) is 0 Å². The van der Waals surface area contributed by atoms with Gasteiger partial charge in [-0.05, 0) is 48.6 Å². The van der Waals surface area contributed by atoms with Gasteiger partial charge < -0.3 is 0 Å². The Morgan fingerprint density at radius 2 is 2.37 bits per heavy atom. The molecule has 1 aromatic rings. The van der Waals surface area contributed by atoms with Crippen LogP contribution in [0.1, 0.15) is 43.6 Å². The molecule has 0 N–H and O–H groups in total. The number of aromatic nitrogens is 1. The van der Waals surface area contributed by atoms with E-state index < -0.39 is 5.92 Å². The molecule has 4 atom stereocenters. The maximum Gasteiger partial charge on any atom is 0.154 e. The summed E-state index contributed by atoms with van der Waals surface area (Å²) in [6.45, 7) is 0. The third kappa shape index (κ3) is 2.40. The maximum absolute atomic E-state index is 12.4. The van der Waals surface area contributed by atoms with Crippen LogP contribution < -0.4 is 0 Å². The van der Waals surface area contributed by atoms with E-state index in [-0.39, 0.29) is 5.78 Å². The first-order chi connectivity index (χ1) is 9.28. The molecule has 0 amide bonds. The highest BCUT2D eigenvalue weighted by Gasteiger charge is 2.40. The van der Waals surface area contributed by atoms with Crippen LogP contribution >= 0.6 is 0 Å². The molecule has 3 nitrogen and oxygen atoms in total. The van der Waals surface area contributed by atoms with Crippen LogP contribution in [0.4, 0.5) is 0 Å². The van der Waals surface area contributed by atoms with Gasteiger partial charge in [-0.25, -0.2) is 0 Å². The van der Waals surface area contributed by atoms with Crippen molar-refractivity contribution in [3.63, 3.8) is 0 Å². The van der Waals surface area contributed by atoms with E-state index in [9.17, 15) is 10.1 Å². The zero-order valence-electron chi connectivity index (χ0n) is 11.0. The summed E-state index contributed by atoms with van der Waals surface area (Å²) in [5.74, 6) is 1.56. The van der Waals surface area contributed by atoms with Crippen molar-refractivity contribution < 1.29 is 4.79 Å². The van der Waals surface area contributed by atoms with Gasteiger partial charge >= 0.3 is 0 Å². The molecule has 3 heteroatoms. The first kappa shape index (κ1) is 12.3. The lowest BCUT2D eigenvalue weighted by Gasteiger charge is -2.21. The Balaban J connectivity index is 1.68. The summed E-state index contributed by atoms with van der Waals surface area (Å²) < 4.78 is 0. The number of carbonyl (C=O) groups excluding carboxylic acids is 1. The first-order valence-electron chi connectivity index (χ1n) is 7.10. The number of hydrogen-bond acceptors (Lipinski definition) is 3.